The maximum absolute atomic E-state index is 13.6. The topological polar surface area (TPSA) is 12.0 Å². The van der Waals surface area contributed by atoms with Gasteiger partial charge in [-0.3, -0.25) is 0 Å². The lowest BCUT2D eigenvalue weighted by Crippen LogP contribution is -2.49. The monoisotopic (exact) mass is 293 g/mol. The summed E-state index contributed by atoms with van der Waals surface area (Å²) < 4.78 is 13.6. The highest BCUT2D eigenvalue weighted by atomic mass is 32.2. The number of piperidine rings is 1. The maximum Gasteiger partial charge on any atom is 0.123 e. The Balaban J connectivity index is 1.94. The number of benzene rings is 1. The standard InChI is InChI=1S/C17H24FNS/c1-16(2)10-17(12-20-11-16)6-7-19-9-15(17)13-4-3-5-14(18)8-13/h3-5,8,15,19H,6-7,9-12H2,1-2H3. The van der Waals surface area contributed by atoms with Gasteiger partial charge in [0.05, 0.1) is 0 Å². The predicted octanol–water partition coefficient (Wildman–Crippen LogP) is 4.05. The smallest absolute Gasteiger partial charge is 0.123 e. The van der Waals surface area contributed by atoms with Crippen LogP contribution in [0.2, 0.25) is 0 Å². The molecule has 110 valence electrons. The summed E-state index contributed by atoms with van der Waals surface area (Å²) in [5.41, 5.74) is 1.91. The Bertz CT molecular complexity index is 484. The van der Waals surface area contributed by atoms with Gasteiger partial charge in [-0.2, -0.15) is 11.8 Å². The predicted molar refractivity (Wildman–Crippen MR) is 84.8 cm³/mol. The van der Waals surface area contributed by atoms with Crippen LogP contribution >= 0.6 is 11.8 Å². The summed E-state index contributed by atoms with van der Waals surface area (Å²) >= 11 is 2.09. The van der Waals surface area contributed by atoms with Crippen LogP contribution in [-0.2, 0) is 0 Å². The summed E-state index contributed by atoms with van der Waals surface area (Å²) in [5.74, 6) is 2.81. The first-order valence-electron chi connectivity index (χ1n) is 7.55. The molecule has 1 spiro atoms. The van der Waals surface area contributed by atoms with Crippen LogP contribution in [0, 0.1) is 16.6 Å². The minimum absolute atomic E-state index is 0.106. The van der Waals surface area contributed by atoms with Crippen LogP contribution < -0.4 is 5.32 Å². The number of thioether (sulfide) groups is 1. The normalized spacial score (nSPS) is 33.2. The number of halogens is 1. The zero-order chi connectivity index (χ0) is 14.2. The minimum Gasteiger partial charge on any atom is -0.316 e. The molecule has 2 heterocycles. The molecule has 0 saturated carbocycles. The van der Waals surface area contributed by atoms with Gasteiger partial charge in [0, 0.05) is 12.5 Å². The summed E-state index contributed by atoms with van der Waals surface area (Å²) in [6, 6.07) is 7.25. The molecule has 2 unspecified atom stereocenters. The molecule has 3 rings (SSSR count). The van der Waals surface area contributed by atoms with Crippen molar-refractivity contribution in [3.8, 4) is 0 Å². The molecular formula is C17H24FNS. The van der Waals surface area contributed by atoms with Gasteiger partial charge >= 0.3 is 0 Å². The zero-order valence-corrected chi connectivity index (χ0v) is 13.2. The summed E-state index contributed by atoms with van der Waals surface area (Å²) in [6.07, 6.45) is 2.47. The molecule has 1 aromatic rings. The van der Waals surface area contributed by atoms with Crippen molar-refractivity contribution in [2.24, 2.45) is 10.8 Å². The molecule has 0 aromatic heterocycles. The van der Waals surface area contributed by atoms with Gasteiger partial charge in [-0.05, 0) is 59.4 Å². The molecule has 2 aliphatic heterocycles. The van der Waals surface area contributed by atoms with E-state index in [9.17, 15) is 4.39 Å². The second-order valence-electron chi connectivity index (χ2n) is 7.26. The van der Waals surface area contributed by atoms with Gasteiger partial charge in [0.15, 0.2) is 0 Å². The number of nitrogens with one attached hydrogen (secondary N) is 1. The van der Waals surface area contributed by atoms with Crippen molar-refractivity contribution in [3.63, 3.8) is 0 Å². The van der Waals surface area contributed by atoms with Gasteiger partial charge < -0.3 is 5.32 Å². The first-order chi connectivity index (χ1) is 9.51. The second kappa shape index (κ2) is 5.34. The Morgan fingerprint density at radius 3 is 2.90 bits per heavy atom. The lowest BCUT2D eigenvalue weighted by atomic mass is 9.62. The molecule has 0 bridgehead atoms. The highest BCUT2D eigenvalue weighted by molar-refractivity contribution is 7.99. The van der Waals surface area contributed by atoms with E-state index >= 15 is 0 Å². The maximum atomic E-state index is 13.6. The van der Waals surface area contributed by atoms with E-state index in [0.29, 0.717) is 16.7 Å². The molecular weight excluding hydrogens is 269 g/mol. The van der Waals surface area contributed by atoms with Crippen LogP contribution in [0.3, 0.4) is 0 Å². The highest BCUT2D eigenvalue weighted by Crippen LogP contribution is 2.54. The molecule has 0 amide bonds. The molecule has 1 aromatic carbocycles. The van der Waals surface area contributed by atoms with Crippen LogP contribution in [0.1, 0.15) is 38.2 Å². The fraction of sp³-hybridized carbons (Fsp3) is 0.647. The second-order valence-corrected chi connectivity index (χ2v) is 8.24. The number of hydrogen-bond donors (Lipinski definition) is 1. The van der Waals surface area contributed by atoms with Gasteiger partial charge in [0.2, 0.25) is 0 Å². The van der Waals surface area contributed by atoms with E-state index < -0.39 is 0 Å². The van der Waals surface area contributed by atoms with E-state index in [1.807, 2.05) is 6.07 Å². The summed E-state index contributed by atoms with van der Waals surface area (Å²) in [5, 5.41) is 3.52. The third-order valence-corrected chi connectivity index (χ3v) is 6.62. The molecule has 1 N–H and O–H groups in total. The van der Waals surface area contributed by atoms with Crippen LogP contribution in [0.15, 0.2) is 24.3 Å². The SMILES string of the molecule is CC1(C)CSCC2(CCNCC2c2cccc(F)c2)C1. The number of rotatable bonds is 1. The molecule has 2 atom stereocenters. The Morgan fingerprint density at radius 1 is 1.30 bits per heavy atom. The van der Waals surface area contributed by atoms with Crippen LogP contribution in [-0.4, -0.2) is 24.6 Å². The fourth-order valence-corrected chi connectivity index (χ4v) is 5.75. The Labute approximate surface area is 125 Å². The van der Waals surface area contributed by atoms with Gasteiger partial charge in [0.25, 0.3) is 0 Å². The molecule has 0 aliphatic carbocycles. The average Bonchev–Trinajstić information content (AvgIpc) is 2.37. The van der Waals surface area contributed by atoms with Crippen molar-refractivity contribution in [1.29, 1.82) is 0 Å². The van der Waals surface area contributed by atoms with E-state index in [1.165, 1.54) is 29.9 Å². The van der Waals surface area contributed by atoms with Crippen LogP contribution in [0.25, 0.3) is 0 Å². The van der Waals surface area contributed by atoms with E-state index in [4.69, 9.17) is 0 Å². The van der Waals surface area contributed by atoms with Crippen LogP contribution in [0.5, 0.6) is 0 Å². The molecule has 1 nitrogen and oxygen atoms in total. The summed E-state index contributed by atoms with van der Waals surface area (Å²) in [4.78, 5) is 0. The van der Waals surface area contributed by atoms with Gasteiger partial charge in [-0.25, -0.2) is 4.39 Å². The first-order valence-corrected chi connectivity index (χ1v) is 8.70. The minimum atomic E-state index is -0.106. The van der Waals surface area contributed by atoms with E-state index in [1.54, 1.807) is 12.1 Å². The average molecular weight is 293 g/mol. The van der Waals surface area contributed by atoms with Gasteiger partial charge in [-0.1, -0.05) is 26.0 Å². The zero-order valence-electron chi connectivity index (χ0n) is 12.4. The summed E-state index contributed by atoms with van der Waals surface area (Å²) in [7, 11) is 0. The van der Waals surface area contributed by atoms with Gasteiger partial charge in [0.1, 0.15) is 5.82 Å². The Kier molecular flexibility index (Phi) is 3.85. The summed E-state index contributed by atoms with van der Waals surface area (Å²) in [6.45, 7) is 6.85. The third kappa shape index (κ3) is 2.75. The molecule has 0 radical (unpaired) electrons. The quantitative estimate of drug-likeness (QED) is 0.838. The van der Waals surface area contributed by atoms with Crippen LogP contribution in [0.4, 0.5) is 4.39 Å². The highest BCUT2D eigenvalue weighted by Gasteiger charge is 2.47. The number of hydrogen-bond acceptors (Lipinski definition) is 2. The molecule has 2 saturated heterocycles. The lowest BCUT2D eigenvalue weighted by Gasteiger charge is -2.51. The van der Waals surface area contributed by atoms with Crippen molar-refractivity contribution in [2.75, 3.05) is 24.6 Å². The van der Waals surface area contributed by atoms with Gasteiger partial charge in [-0.15, -0.1) is 0 Å². The molecule has 20 heavy (non-hydrogen) atoms. The lowest BCUT2D eigenvalue weighted by molar-refractivity contribution is 0.114. The third-order valence-electron chi connectivity index (χ3n) is 4.85. The van der Waals surface area contributed by atoms with E-state index in [-0.39, 0.29) is 5.82 Å². The molecule has 2 fully saturated rings. The van der Waals surface area contributed by atoms with E-state index in [2.05, 4.69) is 37.0 Å². The van der Waals surface area contributed by atoms with Crippen molar-refractivity contribution in [1.82, 2.24) is 5.32 Å². The van der Waals surface area contributed by atoms with Crippen molar-refractivity contribution >= 4 is 11.8 Å². The van der Waals surface area contributed by atoms with Crippen molar-refractivity contribution in [3.05, 3.63) is 35.6 Å². The first kappa shape index (κ1) is 14.4. The molecule has 2 aliphatic rings. The Hall–Kier alpha value is -0.540. The van der Waals surface area contributed by atoms with E-state index in [0.717, 1.165) is 13.1 Å². The Morgan fingerprint density at radius 2 is 2.15 bits per heavy atom. The molecule has 3 heteroatoms. The largest absolute Gasteiger partial charge is 0.316 e. The fourth-order valence-electron chi connectivity index (χ4n) is 4.14. The van der Waals surface area contributed by atoms with Crippen molar-refractivity contribution < 1.29 is 4.39 Å². The van der Waals surface area contributed by atoms with Crippen molar-refractivity contribution in [2.45, 2.75) is 32.6 Å².